The van der Waals surface area contributed by atoms with Gasteiger partial charge in [-0.1, -0.05) is 18.2 Å². The van der Waals surface area contributed by atoms with Gasteiger partial charge < -0.3 is 10.3 Å². The summed E-state index contributed by atoms with van der Waals surface area (Å²) in [7, 11) is 1.98. The quantitative estimate of drug-likeness (QED) is 0.796. The zero-order valence-corrected chi connectivity index (χ0v) is 10.6. The van der Waals surface area contributed by atoms with Crippen molar-refractivity contribution in [2.45, 2.75) is 0 Å². The largest absolute Gasteiger partial charge is 0.378 e. The number of nitrogens with two attached hydrogens (primary N) is 1. The lowest BCUT2D eigenvalue weighted by Crippen LogP contribution is -2.01. The zero-order valence-electron chi connectivity index (χ0n) is 9.75. The molecule has 0 unspecified atom stereocenters. The van der Waals surface area contributed by atoms with Crippen LogP contribution >= 0.6 is 11.8 Å². The molecule has 3 rings (SSSR count). The van der Waals surface area contributed by atoms with Crippen LogP contribution in [-0.4, -0.2) is 15.6 Å². The molecule has 0 bridgehead atoms. The molecular weight excluding hydrogens is 246 g/mol. The third-order valence-electron chi connectivity index (χ3n) is 2.85. The van der Waals surface area contributed by atoms with Gasteiger partial charge in [0, 0.05) is 29.7 Å². The van der Waals surface area contributed by atoms with Gasteiger partial charge in [-0.05, 0) is 23.9 Å². The van der Waals surface area contributed by atoms with Gasteiger partial charge in [0.25, 0.3) is 5.91 Å². The van der Waals surface area contributed by atoms with E-state index in [1.165, 1.54) is 11.8 Å². The van der Waals surface area contributed by atoms with Crippen LogP contribution in [0.3, 0.4) is 0 Å². The molecule has 0 spiro atoms. The molecular formula is C13H11N3OS. The van der Waals surface area contributed by atoms with Gasteiger partial charge in [-0.2, -0.15) is 4.99 Å². The van der Waals surface area contributed by atoms with Gasteiger partial charge in [0.1, 0.15) is 0 Å². The minimum atomic E-state index is -0.259. The smallest absolute Gasteiger partial charge is 0.286 e. The van der Waals surface area contributed by atoms with Crippen LogP contribution in [-0.2, 0) is 11.8 Å². The summed E-state index contributed by atoms with van der Waals surface area (Å²) in [5.41, 5.74) is 7.67. The van der Waals surface area contributed by atoms with Gasteiger partial charge in [-0.15, -0.1) is 0 Å². The van der Waals surface area contributed by atoms with E-state index in [0.29, 0.717) is 10.1 Å². The van der Waals surface area contributed by atoms with Crippen molar-refractivity contribution in [2.75, 3.05) is 0 Å². The molecule has 0 radical (unpaired) electrons. The first-order chi connectivity index (χ1) is 8.65. The normalized spacial score (nSPS) is 17.7. The minimum absolute atomic E-state index is 0.259. The molecule has 90 valence electrons. The number of aliphatic imine (C=N–C) groups is 1. The summed E-state index contributed by atoms with van der Waals surface area (Å²) < 4.78 is 2.04. The highest BCUT2D eigenvalue weighted by molar-refractivity contribution is 8.18. The van der Waals surface area contributed by atoms with Gasteiger partial charge in [-0.3, -0.25) is 4.79 Å². The minimum Gasteiger partial charge on any atom is -0.378 e. The fraction of sp³-hybridized carbons (Fsp3) is 0.0769. The first kappa shape index (κ1) is 11.1. The molecule has 4 nitrogen and oxygen atoms in total. The van der Waals surface area contributed by atoms with Crippen LogP contribution in [0.1, 0.15) is 5.56 Å². The average molecular weight is 257 g/mol. The van der Waals surface area contributed by atoms with Gasteiger partial charge in [-0.25, -0.2) is 0 Å². The molecule has 1 amide bonds. The van der Waals surface area contributed by atoms with Gasteiger partial charge in [0.2, 0.25) is 0 Å². The number of aryl methyl sites for hydroxylation is 1. The highest BCUT2D eigenvalue weighted by Gasteiger charge is 2.20. The van der Waals surface area contributed by atoms with E-state index in [0.717, 1.165) is 16.5 Å². The fourth-order valence-corrected chi connectivity index (χ4v) is 2.73. The van der Waals surface area contributed by atoms with Crippen LogP contribution in [0.2, 0.25) is 0 Å². The zero-order chi connectivity index (χ0) is 12.7. The fourth-order valence-electron chi connectivity index (χ4n) is 2.05. The van der Waals surface area contributed by atoms with Crippen molar-refractivity contribution in [1.29, 1.82) is 0 Å². The number of amidine groups is 1. The summed E-state index contributed by atoms with van der Waals surface area (Å²) in [6.07, 6.45) is 3.85. The maximum absolute atomic E-state index is 11.6. The molecule has 5 heteroatoms. The van der Waals surface area contributed by atoms with Gasteiger partial charge in [0.15, 0.2) is 5.17 Å². The molecule has 1 aromatic heterocycles. The van der Waals surface area contributed by atoms with Gasteiger partial charge >= 0.3 is 0 Å². The van der Waals surface area contributed by atoms with Crippen LogP contribution in [0.4, 0.5) is 0 Å². The van der Waals surface area contributed by atoms with E-state index in [4.69, 9.17) is 5.73 Å². The summed E-state index contributed by atoms with van der Waals surface area (Å²) in [4.78, 5) is 15.8. The van der Waals surface area contributed by atoms with Crippen molar-refractivity contribution in [3.63, 3.8) is 0 Å². The Hall–Kier alpha value is -2.01. The van der Waals surface area contributed by atoms with Crippen molar-refractivity contribution in [3.05, 3.63) is 40.9 Å². The Labute approximate surface area is 108 Å². The van der Waals surface area contributed by atoms with Crippen LogP contribution in [0.25, 0.3) is 17.0 Å². The second kappa shape index (κ2) is 4.03. The van der Waals surface area contributed by atoms with Crippen molar-refractivity contribution < 1.29 is 4.79 Å². The summed E-state index contributed by atoms with van der Waals surface area (Å²) in [6, 6.07) is 8.07. The molecule has 0 aliphatic carbocycles. The highest BCUT2D eigenvalue weighted by atomic mass is 32.2. The molecule has 2 aromatic rings. The number of hydrogen-bond donors (Lipinski definition) is 1. The first-order valence-electron chi connectivity index (χ1n) is 5.47. The molecule has 1 aliphatic heterocycles. The van der Waals surface area contributed by atoms with Crippen molar-refractivity contribution >= 4 is 39.8 Å². The van der Waals surface area contributed by atoms with E-state index < -0.39 is 0 Å². The first-order valence-corrected chi connectivity index (χ1v) is 6.29. The molecule has 0 saturated heterocycles. The Morgan fingerprint density at radius 1 is 1.39 bits per heavy atom. The van der Waals surface area contributed by atoms with Crippen LogP contribution in [0.15, 0.2) is 40.4 Å². The monoisotopic (exact) mass is 257 g/mol. The number of nitrogens with zero attached hydrogens (tertiary/aromatic N) is 2. The molecule has 1 aliphatic rings. The Bertz CT molecular complexity index is 712. The molecule has 2 N–H and O–H groups in total. The average Bonchev–Trinajstić information content (AvgIpc) is 2.82. The Morgan fingerprint density at radius 3 is 2.89 bits per heavy atom. The molecule has 18 heavy (non-hydrogen) atoms. The number of thioether (sulfide) groups is 1. The van der Waals surface area contributed by atoms with E-state index in [2.05, 4.69) is 4.99 Å². The summed E-state index contributed by atoms with van der Waals surface area (Å²) in [6.45, 7) is 0. The number of amides is 1. The van der Waals surface area contributed by atoms with Crippen molar-refractivity contribution in [1.82, 2.24) is 4.57 Å². The maximum Gasteiger partial charge on any atom is 0.286 e. The van der Waals surface area contributed by atoms with E-state index in [1.807, 2.05) is 48.2 Å². The van der Waals surface area contributed by atoms with Crippen molar-refractivity contribution in [2.24, 2.45) is 17.8 Å². The Morgan fingerprint density at radius 2 is 2.17 bits per heavy atom. The topological polar surface area (TPSA) is 60.4 Å². The molecule has 1 aromatic carbocycles. The van der Waals surface area contributed by atoms with Gasteiger partial charge in [0.05, 0.1) is 4.91 Å². The highest BCUT2D eigenvalue weighted by Crippen LogP contribution is 2.29. The third-order valence-corrected chi connectivity index (χ3v) is 3.66. The standard InChI is InChI=1S/C13H11N3OS/c1-16-7-8(9-4-2-3-5-10(9)16)6-11-12(17)15-13(14)18-11/h2-7H,1H3,(H2,14,15,17)/b11-6-. The molecule has 0 saturated carbocycles. The Balaban J connectivity index is 2.12. The van der Waals surface area contributed by atoms with E-state index in [9.17, 15) is 4.79 Å². The lowest BCUT2D eigenvalue weighted by Gasteiger charge is -1.94. The second-order valence-corrected chi connectivity index (χ2v) is 5.14. The molecule has 0 fully saturated rings. The lowest BCUT2D eigenvalue weighted by molar-refractivity contribution is -0.113. The predicted octanol–water partition coefficient (Wildman–Crippen LogP) is 2.11. The van der Waals surface area contributed by atoms with Crippen molar-refractivity contribution in [3.8, 4) is 0 Å². The Kier molecular flexibility index (Phi) is 2.48. The lowest BCUT2D eigenvalue weighted by atomic mass is 10.1. The number of carbonyl (C=O) groups excluding carboxylic acids is 1. The predicted molar refractivity (Wildman–Crippen MR) is 75.1 cm³/mol. The summed E-state index contributed by atoms with van der Waals surface area (Å²) in [5, 5.41) is 1.43. The van der Waals surface area contributed by atoms with E-state index in [-0.39, 0.29) is 5.91 Å². The third kappa shape index (κ3) is 1.73. The number of benzene rings is 1. The maximum atomic E-state index is 11.6. The number of carbonyl (C=O) groups is 1. The van der Waals surface area contributed by atoms with E-state index in [1.54, 1.807) is 0 Å². The summed E-state index contributed by atoms with van der Waals surface area (Å²) >= 11 is 1.22. The van der Waals surface area contributed by atoms with Crippen LogP contribution in [0.5, 0.6) is 0 Å². The van der Waals surface area contributed by atoms with E-state index >= 15 is 0 Å². The molecule has 0 atom stereocenters. The number of hydrogen-bond acceptors (Lipinski definition) is 3. The molecule has 2 heterocycles. The second-order valence-electron chi connectivity index (χ2n) is 4.08. The number of para-hydroxylation sites is 1. The van der Waals surface area contributed by atoms with Crippen LogP contribution in [0, 0.1) is 0 Å². The number of rotatable bonds is 1. The van der Waals surface area contributed by atoms with Crippen LogP contribution < -0.4 is 5.73 Å². The SMILES string of the molecule is Cn1cc(/C=C2\SC(N)=NC2=O)c2ccccc21. The summed E-state index contributed by atoms with van der Waals surface area (Å²) in [5.74, 6) is -0.259. The number of aromatic nitrogens is 1. The number of fused-ring (bicyclic) bond motifs is 1.